The average Bonchev–Trinajstić information content (AvgIpc) is 3.03. The normalized spacial score (nSPS) is 12.2. The van der Waals surface area contributed by atoms with Crippen LogP contribution in [-0.4, -0.2) is 39.1 Å². The quantitative estimate of drug-likeness (QED) is 0.571. The maximum atomic E-state index is 12.8. The molecule has 0 spiro atoms. The van der Waals surface area contributed by atoms with E-state index in [1.165, 1.54) is 37.0 Å². The van der Waals surface area contributed by atoms with Crippen molar-refractivity contribution in [2.24, 2.45) is 4.40 Å². The van der Waals surface area contributed by atoms with E-state index in [1.807, 2.05) is 6.92 Å². The molecule has 0 saturated carbocycles. The molecule has 152 valence electrons. The number of aryl methyl sites for hydroxylation is 1. The lowest BCUT2D eigenvalue weighted by Crippen LogP contribution is -2.22. The van der Waals surface area contributed by atoms with Crippen LogP contribution in [0.2, 0.25) is 0 Å². The molecule has 0 aliphatic heterocycles. The molecule has 0 atom stereocenters. The molecular weight excluding hydrogens is 416 g/mol. The Bertz CT molecular complexity index is 1250. The van der Waals surface area contributed by atoms with Crippen LogP contribution in [0.3, 0.4) is 0 Å². The van der Waals surface area contributed by atoms with Gasteiger partial charge in [0.05, 0.1) is 34.9 Å². The predicted octanol–water partition coefficient (Wildman–Crippen LogP) is 2.26. The van der Waals surface area contributed by atoms with Gasteiger partial charge >= 0.3 is 11.9 Å². The first-order valence-electron chi connectivity index (χ1n) is 8.41. The van der Waals surface area contributed by atoms with Crippen molar-refractivity contribution in [1.29, 1.82) is 0 Å². The zero-order valence-corrected chi connectivity index (χ0v) is 17.5. The minimum Gasteiger partial charge on any atom is -0.468 e. The third kappa shape index (κ3) is 4.38. The summed E-state index contributed by atoms with van der Waals surface area (Å²) in [4.78, 5) is 23.8. The van der Waals surface area contributed by atoms with Gasteiger partial charge in [0.15, 0.2) is 0 Å². The molecule has 3 aromatic rings. The number of benzene rings is 2. The van der Waals surface area contributed by atoms with E-state index in [-0.39, 0.29) is 16.2 Å². The third-order valence-electron chi connectivity index (χ3n) is 4.14. The van der Waals surface area contributed by atoms with Gasteiger partial charge < -0.3 is 14.0 Å². The Kier molecular flexibility index (Phi) is 5.85. The lowest BCUT2D eigenvalue weighted by atomic mass is 10.2. The van der Waals surface area contributed by atoms with Crippen molar-refractivity contribution in [1.82, 2.24) is 4.57 Å². The predicted molar refractivity (Wildman–Crippen MR) is 107 cm³/mol. The van der Waals surface area contributed by atoms with Gasteiger partial charge in [-0.3, -0.25) is 4.79 Å². The Balaban J connectivity index is 2.22. The number of thiazole rings is 1. The summed E-state index contributed by atoms with van der Waals surface area (Å²) in [5.41, 5.74) is 1.77. The minimum absolute atomic E-state index is 0.0421. The molecule has 0 N–H and O–H groups in total. The number of ether oxygens (including phenoxy) is 2. The van der Waals surface area contributed by atoms with Crippen molar-refractivity contribution in [3.8, 4) is 0 Å². The molecule has 0 aliphatic carbocycles. The molecule has 3 rings (SSSR count). The van der Waals surface area contributed by atoms with Crippen LogP contribution in [0, 0.1) is 6.92 Å². The summed E-state index contributed by atoms with van der Waals surface area (Å²) in [5, 5.41) is 0. The molecule has 0 amide bonds. The Morgan fingerprint density at radius 2 is 1.76 bits per heavy atom. The van der Waals surface area contributed by atoms with Crippen LogP contribution in [0.5, 0.6) is 0 Å². The number of nitrogens with zero attached hydrogens (tertiary/aromatic N) is 2. The highest BCUT2D eigenvalue weighted by atomic mass is 32.2. The van der Waals surface area contributed by atoms with Crippen LogP contribution < -0.4 is 4.80 Å². The molecular formula is C19H18N2O6S2. The van der Waals surface area contributed by atoms with E-state index in [0.29, 0.717) is 15.8 Å². The second-order valence-electron chi connectivity index (χ2n) is 6.10. The Morgan fingerprint density at radius 1 is 1.07 bits per heavy atom. The summed E-state index contributed by atoms with van der Waals surface area (Å²) in [6.07, 6.45) is 0. The second kappa shape index (κ2) is 8.18. The number of carbonyl (C=O) groups excluding carboxylic acids is 2. The van der Waals surface area contributed by atoms with Gasteiger partial charge in [0, 0.05) is 0 Å². The van der Waals surface area contributed by atoms with Crippen molar-refractivity contribution in [2.75, 3.05) is 14.2 Å². The molecule has 0 aliphatic rings. The number of sulfonamides is 1. The van der Waals surface area contributed by atoms with Crippen LogP contribution in [0.1, 0.15) is 15.9 Å². The Labute approximate surface area is 171 Å². The van der Waals surface area contributed by atoms with Gasteiger partial charge in [-0.05, 0) is 37.3 Å². The molecule has 10 heteroatoms. The maximum absolute atomic E-state index is 12.8. The van der Waals surface area contributed by atoms with Gasteiger partial charge in [-0.2, -0.15) is 8.42 Å². The van der Waals surface area contributed by atoms with Crippen LogP contribution in [0.4, 0.5) is 0 Å². The fourth-order valence-electron chi connectivity index (χ4n) is 2.60. The number of hydrogen-bond acceptors (Lipinski definition) is 7. The fourth-order valence-corrected chi connectivity index (χ4v) is 4.87. The lowest BCUT2D eigenvalue weighted by molar-refractivity contribution is -0.141. The number of carbonyl (C=O) groups is 2. The average molecular weight is 434 g/mol. The molecule has 0 fully saturated rings. The van der Waals surface area contributed by atoms with E-state index in [2.05, 4.69) is 4.40 Å². The van der Waals surface area contributed by atoms with Crippen molar-refractivity contribution < 1.29 is 27.5 Å². The maximum Gasteiger partial charge on any atom is 0.337 e. The largest absolute Gasteiger partial charge is 0.468 e. The molecule has 8 nitrogen and oxygen atoms in total. The number of rotatable bonds is 5. The number of methoxy groups -OCH3 is 2. The number of esters is 2. The summed E-state index contributed by atoms with van der Waals surface area (Å²) in [7, 11) is -1.49. The summed E-state index contributed by atoms with van der Waals surface area (Å²) >= 11 is 1.04. The van der Waals surface area contributed by atoms with E-state index in [4.69, 9.17) is 9.47 Å². The molecule has 0 unspecified atom stereocenters. The van der Waals surface area contributed by atoms with Crippen molar-refractivity contribution in [3.05, 3.63) is 58.4 Å². The van der Waals surface area contributed by atoms with Gasteiger partial charge in [0.2, 0.25) is 4.80 Å². The molecule has 29 heavy (non-hydrogen) atoms. The first-order chi connectivity index (χ1) is 13.7. The van der Waals surface area contributed by atoms with Crippen LogP contribution >= 0.6 is 11.3 Å². The van der Waals surface area contributed by atoms with Gasteiger partial charge in [0.1, 0.15) is 6.54 Å². The van der Waals surface area contributed by atoms with Gasteiger partial charge in [-0.25, -0.2) is 4.79 Å². The van der Waals surface area contributed by atoms with Crippen molar-refractivity contribution in [3.63, 3.8) is 0 Å². The van der Waals surface area contributed by atoms with E-state index in [9.17, 15) is 18.0 Å². The van der Waals surface area contributed by atoms with Crippen molar-refractivity contribution in [2.45, 2.75) is 18.4 Å². The Hall–Kier alpha value is -2.98. The smallest absolute Gasteiger partial charge is 0.337 e. The van der Waals surface area contributed by atoms with Crippen molar-refractivity contribution >= 4 is 43.5 Å². The lowest BCUT2D eigenvalue weighted by Gasteiger charge is -2.05. The standard InChI is InChI=1S/C19H18N2O6S2/c1-12-4-7-14(8-5-12)29(24,25)20-19-21(11-17(22)26-2)15-9-6-13(18(23)27-3)10-16(15)28-19/h4-10H,11H2,1-3H3. The highest BCUT2D eigenvalue weighted by Gasteiger charge is 2.17. The summed E-state index contributed by atoms with van der Waals surface area (Å²) in [5.74, 6) is -1.08. The second-order valence-corrected chi connectivity index (χ2v) is 8.71. The summed E-state index contributed by atoms with van der Waals surface area (Å²) < 4.78 is 40.9. The third-order valence-corrected chi connectivity index (χ3v) is 6.57. The monoisotopic (exact) mass is 434 g/mol. The SMILES string of the molecule is COC(=O)Cn1c(=NS(=O)(=O)c2ccc(C)cc2)sc2cc(C(=O)OC)ccc21. The van der Waals surface area contributed by atoms with Crippen LogP contribution in [0.15, 0.2) is 51.8 Å². The van der Waals surface area contributed by atoms with E-state index >= 15 is 0 Å². The van der Waals surface area contributed by atoms with E-state index < -0.39 is 22.0 Å². The number of hydrogen-bond donors (Lipinski definition) is 0. The summed E-state index contributed by atoms with van der Waals surface area (Å²) in [6.45, 7) is 1.62. The number of aromatic nitrogens is 1. The first kappa shape index (κ1) is 20.7. The molecule has 0 bridgehead atoms. The molecule has 1 heterocycles. The molecule has 0 saturated heterocycles. The minimum atomic E-state index is -4.00. The topological polar surface area (TPSA) is 104 Å². The molecule has 1 aromatic heterocycles. The first-order valence-corrected chi connectivity index (χ1v) is 10.7. The zero-order valence-electron chi connectivity index (χ0n) is 15.9. The van der Waals surface area contributed by atoms with E-state index in [1.54, 1.807) is 24.3 Å². The Morgan fingerprint density at radius 3 is 2.38 bits per heavy atom. The molecule has 2 aromatic carbocycles. The van der Waals surface area contributed by atoms with Gasteiger partial charge in [-0.1, -0.05) is 29.0 Å². The number of fused-ring (bicyclic) bond motifs is 1. The zero-order chi connectivity index (χ0) is 21.2. The summed E-state index contributed by atoms with van der Waals surface area (Å²) in [6, 6.07) is 11.0. The molecule has 0 radical (unpaired) electrons. The van der Waals surface area contributed by atoms with Crippen LogP contribution in [0.25, 0.3) is 10.2 Å². The van der Waals surface area contributed by atoms with Crippen LogP contribution in [-0.2, 0) is 30.8 Å². The highest BCUT2D eigenvalue weighted by molar-refractivity contribution is 7.90. The van der Waals surface area contributed by atoms with E-state index in [0.717, 1.165) is 16.9 Å². The highest BCUT2D eigenvalue weighted by Crippen LogP contribution is 2.21. The fraction of sp³-hybridized carbons (Fsp3) is 0.211. The van der Waals surface area contributed by atoms with Gasteiger partial charge in [0.25, 0.3) is 10.0 Å². The van der Waals surface area contributed by atoms with Gasteiger partial charge in [-0.15, -0.1) is 4.40 Å².